The Morgan fingerprint density at radius 2 is 1.62 bits per heavy atom. The van der Waals surface area contributed by atoms with Crippen LogP contribution < -0.4 is 20.3 Å². The van der Waals surface area contributed by atoms with Crippen LogP contribution >= 0.6 is 0 Å². The lowest BCUT2D eigenvalue weighted by molar-refractivity contribution is 0.0925. The molecule has 2 aromatic carbocycles. The van der Waals surface area contributed by atoms with Crippen LogP contribution in [0.15, 0.2) is 60.8 Å². The van der Waals surface area contributed by atoms with Crippen molar-refractivity contribution < 1.29 is 14.3 Å². The maximum Gasteiger partial charge on any atom is 0.257 e. The smallest absolute Gasteiger partial charge is 0.257 e. The Labute approximate surface area is 248 Å². The summed E-state index contributed by atoms with van der Waals surface area (Å²) in [4.78, 5) is 35.5. The van der Waals surface area contributed by atoms with Crippen molar-refractivity contribution in [2.24, 2.45) is 0 Å². The largest absolute Gasteiger partial charge is 0.496 e. The molecule has 2 atom stereocenters. The number of nitrogens with zero attached hydrogens (tertiary/aromatic N) is 3. The second-order valence-corrected chi connectivity index (χ2v) is 12.1. The van der Waals surface area contributed by atoms with E-state index in [1.165, 1.54) is 18.4 Å². The minimum absolute atomic E-state index is 0.0470. The van der Waals surface area contributed by atoms with Crippen molar-refractivity contribution in [3.05, 3.63) is 83.0 Å². The van der Waals surface area contributed by atoms with E-state index < -0.39 is 0 Å². The zero-order valence-electron chi connectivity index (χ0n) is 24.8. The zero-order chi connectivity index (χ0) is 29.2. The number of carbonyl (C=O) groups is 2. The lowest BCUT2D eigenvalue weighted by atomic mass is 9.89. The van der Waals surface area contributed by atoms with Gasteiger partial charge in [-0.2, -0.15) is 0 Å². The number of aromatic nitrogens is 1. The summed E-state index contributed by atoms with van der Waals surface area (Å²) in [5, 5.41) is 6.30. The number of methoxy groups -OCH3 is 1. The van der Waals surface area contributed by atoms with Gasteiger partial charge in [0.1, 0.15) is 11.6 Å². The number of rotatable bonds is 7. The van der Waals surface area contributed by atoms with E-state index >= 15 is 0 Å². The lowest BCUT2D eigenvalue weighted by Crippen LogP contribution is -2.50. The fraction of sp³-hybridized carbons (Fsp3) is 0.441. The normalized spacial score (nSPS) is 22.5. The summed E-state index contributed by atoms with van der Waals surface area (Å²) in [5.41, 5.74) is 4.21. The fourth-order valence-electron chi connectivity index (χ4n) is 7.07. The highest BCUT2D eigenvalue weighted by molar-refractivity contribution is 6.04. The van der Waals surface area contributed by atoms with Crippen molar-refractivity contribution in [1.29, 1.82) is 0 Å². The van der Waals surface area contributed by atoms with Crippen LogP contribution in [0.2, 0.25) is 0 Å². The molecule has 2 unspecified atom stereocenters. The molecule has 3 aromatic rings. The number of ether oxygens (including phenoxy) is 1. The van der Waals surface area contributed by atoms with Gasteiger partial charge in [0.25, 0.3) is 11.8 Å². The first-order valence-electron chi connectivity index (χ1n) is 15.2. The fourth-order valence-corrected chi connectivity index (χ4v) is 7.07. The summed E-state index contributed by atoms with van der Waals surface area (Å²) >= 11 is 0. The Balaban J connectivity index is 1.05. The number of anilines is 2. The van der Waals surface area contributed by atoms with Gasteiger partial charge in [0.2, 0.25) is 0 Å². The maximum absolute atomic E-state index is 13.1. The molecule has 3 aliphatic rings. The molecule has 3 fully saturated rings. The number of likely N-dealkylation sites (tertiary alicyclic amines) is 1. The summed E-state index contributed by atoms with van der Waals surface area (Å²) < 4.78 is 5.39. The molecule has 0 aliphatic carbocycles. The van der Waals surface area contributed by atoms with Crippen LogP contribution in [0.5, 0.6) is 5.75 Å². The van der Waals surface area contributed by atoms with Crippen molar-refractivity contribution >= 4 is 23.3 Å². The molecule has 3 aliphatic heterocycles. The van der Waals surface area contributed by atoms with Gasteiger partial charge in [0, 0.05) is 41.1 Å². The summed E-state index contributed by atoms with van der Waals surface area (Å²) in [7, 11) is 3.80. The van der Waals surface area contributed by atoms with E-state index in [2.05, 4.69) is 39.6 Å². The Bertz CT molecular complexity index is 1400. The van der Waals surface area contributed by atoms with E-state index in [-0.39, 0.29) is 17.9 Å². The van der Waals surface area contributed by atoms with Gasteiger partial charge in [0.15, 0.2) is 0 Å². The number of piperidine rings is 2. The number of hydrogen-bond acceptors (Lipinski definition) is 6. The van der Waals surface area contributed by atoms with Crippen molar-refractivity contribution in [1.82, 2.24) is 15.2 Å². The third kappa shape index (κ3) is 5.86. The number of benzene rings is 2. The van der Waals surface area contributed by atoms with Gasteiger partial charge in [-0.25, -0.2) is 4.98 Å². The minimum atomic E-state index is -0.154. The van der Waals surface area contributed by atoms with Gasteiger partial charge in [-0.3, -0.25) is 9.59 Å². The van der Waals surface area contributed by atoms with Crippen LogP contribution in [0.4, 0.5) is 11.5 Å². The third-order valence-electron chi connectivity index (χ3n) is 9.45. The molecule has 4 heterocycles. The average Bonchev–Trinajstić information content (AvgIpc) is 3.27. The molecule has 1 aromatic heterocycles. The van der Waals surface area contributed by atoms with Crippen LogP contribution in [0.25, 0.3) is 0 Å². The van der Waals surface area contributed by atoms with Gasteiger partial charge in [-0.05, 0) is 113 Å². The maximum atomic E-state index is 13.1. The molecular weight excluding hydrogens is 526 g/mol. The Morgan fingerprint density at radius 3 is 2.26 bits per heavy atom. The minimum Gasteiger partial charge on any atom is -0.496 e. The summed E-state index contributed by atoms with van der Waals surface area (Å²) in [6.07, 6.45) is 7.94. The average molecular weight is 568 g/mol. The van der Waals surface area contributed by atoms with Crippen LogP contribution in [0.1, 0.15) is 76.3 Å². The summed E-state index contributed by atoms with van der Waals surface area (Å²) in [6, 6.07) is 18.5. The first-order valence-corrected chi connectivity index (χ1v) is 15.2. The highest BCUT2D eigenvalue weighted by Gasteiger charge is 2.42. The molecule has 0 saturated carbocycles. The molecule has 8 heteroatoms. The monoisotopic (exact) mass is 567 g/mol. The second kappa shape index (κ2) is 12.1. The van der Waals surface area contributed by atoms with E-state index in [1.54, 1.807) is 13.3 Å². The molecule has 220 valence electrons. The number of nitrogens with one attached hydrogen (secondary N) is 2. The van der Waals surface area contributed by atoms with Gasteiger partial charge in [0.05, 0.1) is 12.7 Å². The molecule has 42 heavy (non-hydrogen) atoms. The quantitative estimate of drug-likeness (QED) is 0.398. The first-order chi connectivity index (χ1) is 20.4. The van der Waals surface area contributed by atoms with Gasteiger partial charge >= 0.3 is 0 Å². The van der Waals surface area contributed by atoms with E-state index in [9.17, 15) is 9.59 Å². The van der Waals surface area contributed by atoms with Crippen LogP contribution in [0, 0.1) is 6.92 Å². The van der Waals surface area contributed by atoms with Crippen LogP contribution in [-0.2, 0) is 0 Å². The zero-order valence-corrected chi connectivity index (χ0v) is 24.8. The number of pyridine rings is 1. The highest BCUT2D eigenvalue weighted by atomic mass is 16.5. The van der Waals surface area contributed by atoms with Crippen LogP contribution in [-0.4, -0.2) is 67.1 Å². The van der Waals surface area contributed by atoms with Gasteiger partial charge in [-0.1, -0.05) is 18.2 Å². The van der Waals surface area contributed by atoms with Crippen molar-refractivity contribution in [3.63, 3.8) is 0 Å². The number of amides is 2. The molecule has 6 rings (SSSR count). The Hall–Kier alpha value is -3.91. The SMILES string of the molecule is COc1cccc(C(=O)NC2CC3CCC(C2)N3c2ccc(C(=O)Nc3ccc(C4CCN(C)CC4)cc3)cn2)c1C. The molecule has 8 nitrogen and oxygen atoms in total. The predicted molar refractivity (Wildman–Crippen MR) is 166 cm³/mol. The number of hydrogen-bond donors (Lipinski definition) is 2. The lowest BCUT2D eigenvalue weighted by Gasteiger charge is -2.40. The van der Waals surface area contributed by atoms with Gasteiger partial charge in [-0.15, -0.1) is 0 Å². The highest BCUT2D eigenvalue weighted by Crippen LogP contribution is 2.39. The van der Waals surface area contributed by atoms with E-state index in [0.29, 0.717) is 29.1 Å². The molecule has 2 bridgehead atoms. The second-order valence-electron chi connectivity index (χ2n) is 12.1. The van der Waals surface area contributed by atoms with Gasteiger partial charge < -0.3 is 25.2 Å². The molecular formula is C34H41N5O3. The molecule has 2 N–H and O–H groups in total. The first kappa shape index (κ1) is 28.2. The standard InChI is InChI=1S/C34H41N5O3/c1-22-30(5-4-6-31(22)42-3)34(41)37-27-19-28-12-13-29(20-27)39(28)32-14-9-25(21-35-32)33(40)36-26-10-7-23(8-11-26)24-15-17-38(2)18-16-24/h4-11,14,21,24,27-29H,12-13,15-20H2,1-3H3,(H,36,40)(H,37,41). The van der Waals surface area contributed by atoms with E-state index in [0.717, 1.165) is 61.6 Å². The van der Waals surface area contributed by atoms with E-state index in [4.69, 9.17) is 9.72 Å². The topological polar surface area (TPSA) is 86.8 Å². The molecule has 2 amide bonds. The Morgan fingerprint density at radius 1 is 0.905 bits per heavy atom. The number of fused-ring (bicyclic) bond motifs is 2. The van der Waals surface area contributed by atoms with Crippen molar-refractivity contribution in [2.45, 2.75) is 69.5 Å². The van der Waals surface area contributed by atoms with Crippen LogP contribution in [0.3, 0.4) is 0 Å². The molecule has 0 spiro atoms. The summed E-state index contributed by atoms with van der Waals surface area (Å²) in [5.74, 6) is 2.01. The Kier molecular flexibility index (Phi) is 8.16. The summed E-state index contributed by atoms with van der Waals surface area (Å²) in [6.45, 7) is 4.18. The van der Waals surface area contributed by atoms with E-state index in [1.807, 2.05) is 49.4 Å². The third-order valence-corrected chi connectivity index (χ3v) is 9.45. The van der Waals surface area contributed by atoms with Crippen molar-refractivity contribution in [2.75, 3.05) is 37.5 Å². The number of carbonyl (C=O) groups excluding carboxylic acids is 2. The predicted octanol–water partition coefficient (Wildman–Crippen LogP) is 5.39. The molecule has 0 radical (unpaired) electrons. The van der Waals surface area contributed by atoms with Crippen molar-refractivity contribution in [3.8, 4) is 5.75 Å². The molecule has 3 saturated heterocycles.